The first-order valence-corrected chi connectivity index (χ1v) is 7.18. The maximum absolute atomic E-state index is 11.8. The zero-order valence-electron chi connectivity index (χ0n) is 12.1. The molecule has 1 saturated heterocycles. The Kier molecular flexibility index (Phi) is 3.01. The number of aliphatic hydroxyl groups excluding tert-OH is 1. The molecule has 0 unspecified atom stereocenters. The van der Waals surface area contributed by atoms with Gasteiger partial charge in [0.25, 0.3) is 0 Å². The van der Waals surface area contributed by atoms with Gasteiger partial charge in [-0.05, 0) is 37.2 Å². The van der Waals surface area contributed by atoms with Crippen LogP contribution < -0.4 is 0 Å². The number of fused-ring (bicyclic) bond motifs is 2. The molecule has 3 aliphatic rings. The van der Waals surface area contributed by atoms with Crippen molar-refractivity contribution in [1.29, 1.82) is 0 Å². The molecular weight excluding hydrogens is 260 g/mol. The summed E-state index contributed by atoms with van der Waals surface area (Å²) in [6, 6.07) is 0. The van der Waals surface area contributed by atoms with E-state index in [1.807, 2.05) is 0 Å². The van der Waals surface area contributed by atoms with E-state index in [1.54, 1.807) is 13.0 Å². The highest BCUT2D eigenvalue weighted by Crippen LogP contribution is 2.55. The lowest BCUT2D eigenvalue weighted by molar-refractivity contribution is -0.319. The van der Waals surface area contributed by atoms with Crippen LogP contribution in [0.1, 0.15) is 33.6 Å². The summed E-state index contributed by atoms with van der Waals surface area (Å²) in [6.07, 6.45) is 2.74. The highest BCUT2D eigenvalue weighted by atomic mass is 17.1. The number of ether oxygens (including phenoxy) is 1. The van der Waals surface area contributed by atoms with Gasteiger partial charge in [0, 0.05) is 11.5 Å². The molecule has 2 fully saturated rings. The van der Waals surface area contributed by atoms with Gasteiger partial charge in [0.05, 0.1) is 12.0 Å². The zero-order valence-corrected chi connectivity index (χ0v) is 12.1. The molecule has 0 aromatic heterocycles. The van der Waals surface area contributed by atoms with Crippen molar-refractivity contribution in [3.8, 4) is 0 Å². The number of esters is 1. The van der Waals surface area contributed by atoms with E-state index >= 15 is 0 Å². The molecule has 0 radical (unpaired) electrons. The molecule has 1 aliphatic heterocycles. The first kappa shape index (κ1) is 14.0. The predicted octanol–water partition coefficient (Wildman–Crippen LogP) is 1.76. The molecule has 0 amide bonds. The molecule has 1 heterocycles. The van der Waals surface area contributed by atoms with E-state index in [4.69, 9.17) is 9.62 Å². The van der Waals surface area contributed by atoms with Gasteiger partial charge < -0.3 is 9.84 Å². The number of aliphatic hydroxyl groups is 1. The summed E-state index contributed by atoms with van der Waals surface area (Å²) in [7, 11) is 0. The van der Waals surface area contributed by atoms with Crippen LogP contribution in [0.4, 0.5) is 0 Å². The normalized spacial score (nSPS) is 46.2. The Morgan fingerprint density at radius 2 is 2.05 bits per heavy atom. The van der Waals surface area contributed by atoms with Crippen LogP contribution >= 0.6 is 0 Å². The number of rotatable bonds is 1. The molecule has 3 rings (SSSR count). The van der Waals surface area contributed by atoms with E-state index < -0.39 is 17.7 Å². The van der Waals surface area contributed by atoms with Crippen molar-refractivity contribution in [2.45, 2.75) is 45.3 Å². The Morgan fingerprint density at radius 1 is 1.35 bits per heavy atom. The van der Waals surface area contributed by atoms with Crippen molar-refractivity contribution in [3.05, 3.63) is 11.6 Å². The van der Waals surface area contributed by atoms with Crippen LogP contribution in [0.3, 0.4) is 0 Å². The Labute approximate surface area is 118 Å². The maximum Gasteiger partial charge on any atom is 0.334 e. The molecule has 2 N–H and O–H groups in total. The summed E-state index contributed by atoms with van der Waals surface area (Å²) < 4.78 is 5.06. The number of carbonyl (C=O) groups is 1. The van der Waals surface area contributed by atoms with Crippen LogP contribution in [0.5, 0.6) is 0 Å². The average Bonchev–Trinajstić information content (AvgIpc) is 2.88. The predicted molar refractivity (Wildman–Crippen MR) is 70.7 cm³/mol. The average molecular weight is 282 g/mol. The Bertz CT molecular complexity index is 469. The van der Waals surface area contributed by atoms with Gasteiger partial charge in [0.2, 0.25) is 0 Å². The van der Waals surface area contributed by atoms with Crippen LogP contribution in [-0.2, 0) is 14.4 Å². The topological polar surface area (TPSA) is 76.0 Å². The summed E-state index contributed by atoms with van der Waals surface area (Å²) >= 11 is 0. The minimum Gasteiger partial charge on any atom is -0.462 e. The molecule has 5 heteroatoms. The number of hydrogen-bond acceptors (Lipinski definition) is 5. The largest absolute Gasteiger partial charge is 0.462 e. The molecule has 20 heavy (non-hydrogen) atoms. The molecule has 0 spiro atoms. The second kappa shape index (κ2) is 4.29. The van der Waals surface area contributed by atoms with Crippen molar-refractivity contribution in [2.75, 3.05) is 6.61 Å². The molecule has 0 aromatic rings. The van der Waals surface area contributed by atoms with E-state index in [0.717, 1.165) is 12.8 Å². The van der Waals surface area contributed by atoms with Gasteiger partial charge >= 0.3 is 5.97 Å². The Balaban J connectivity index is 2.07. The lowest BCUT2D eigenvalue weighted by Crippen LogP contribution is -2.40. The molecular formula is C15H22O5. The molecule has 0 aromatic carbocycles. The van der Waals surface area contributed by atoms with Crippen molar-refractivity contribution >= 4 is 5.97 Å². The van der Waals surface area contributed by atoms with Crippen LogP contribution in [0, 0.1) is 23.2 Å². The van der Waals surface area contributed by atoms with Gasteiger partial charge in [-0.3, -0.25) is 5.26 Å². The zero-order chi connectivity index (χ0) is 14.7. The highest BCUT2D eigenvalue weighted by Gasteiger charge is 2.56. The number of hydrogen-bond donors (Lipinski definition) is 2. The third kappa shape index (κ3) is 1.91. The van der Waals surface area contributed by atoms with Gasteiger partial charge in [-0.25, -0.2) is 9.68 Å². The standard InChI is InChI=1S/C15H22O5/c1-14(2)4-9-11(6-14)15(3,20-18)5-8-10(12(9)16)7-19-13(8)17/h5,9-12,16,18H,4,6-7H2,1-3H3/t9-,10+,11+,12+,15+/m0/s1. The highest BCUT2D eigenvalue weighted by molar-refractivity contribution is 5.91. The van der Waals surface area contributed by atoms with E-state index in [2.05, 4.69) is 13.8 Å². The van der Waals surface area contributed by atoms with Gasteiger partial charge in [-0.15, -0.1) is 0 Å². The van der Waals surface area contributed by atoms with Crippen LogP contribution in [0.2, 0.25) is 0 Å². The quantitative estimate of drug-likeness (QED) is 0.435. The van der Waals surface area contributed by atoms with Crippen molar-refractivity contribution in [3.63, 3.8) is 0 Å². The fourth-order valence-corrected chi connectivity index (χ4v) is 4.34. The minimum atomic E-state index is -0.952. The summed E-state index contributed by atoms with van der Waals surface area (Å²) in [6.45, 7) is 6.32. The van der Waals surface area contributed by atoms with Gasteiger partial charge in [-0.1, -0.05) is 13.8 Å². The number of carbonyl (C=O) groups excluding carboxylic acids is 1. The van der Waals surface area contributed by atoms with Crippen LogP contribution in [0.15, 0.2) is 11.6 Å². The second-order valence-electron chi connectivity index (χ2n) is 7.41. The fraction of sp³-hybridized carbons (Fsp3) is 0.800. The Hall–Kier alpha value is -0.910. The van der Waals surface area contributed by atoms with E-state index in [9.17, 15) is 15.2 Å². The Morgan fingerprint density at radius 3 is 2.70 bits per heavy atom. The summed E-state index contributed by atoms with van der Waals surface area (Å²) in [4.78, 5) is 16.6. The molecule has 2 aliphatic carbocycles. The lowest BCUT2D eigenvalue weighted by atomic mass is 9.79. The fourth-order valence-electron chi connectivity index (χ4n) is 4.34. The van der Waals surface area contributed by atoms with E-state index in [-0.39, 0.29) is 29.8 Å². The van der Waals surface area contributed by atoms with Gasteiger partial charge in [-0.2, -0.15) is 0 Å². The van der Waals surface area contributed by atoms with Crippen molar-refractivity contribution in [1.82, 2.24) is 0 Å². The molecule has 5 nitrogen and oxygen atoms in total. The third-order valence-corrected chi connectivity index (χ3v) is 5.33. The first-order chi connectivity index (χ1) is 9.27. The van der Waals surface area contributed by atoms with Crippen LogP contribution in [-0.4, -0.2) is 34.6 Å². The van der Waals surface area contributed by atoms with Gasteiger partial charge in [0.1, 0.15) is 12.2 Å². The van der Waals surface area contributed by atoms with Crippen molar-refractivity contribution in [2.24, 2.45) is 23.2 Å². The second-order valence-corrected chi connectivity index (χ2v) is 7.41. The molecule has 5 atom stereocenters. The maximum atomic E-state index is 11.8. The molecule has 0 bridgehead atoms. The van der Waals surface area contributed by atoms with Crippen LogP contribution in [0.25, 0.3) is 0 Å². The van der Waals surface area contributed by atoms with E-state index in [1.165, 1.54) is 0 Å². The smallest absolute Gasteiger partial charge is 0.334 e. The molecule has 112 valence electrons. The van der Waals surface area contributed by atoms with E-state index in [0.29, 0.717) is 5.57 Å². The summed E-state index contributed by atoms with van der Waals surface area (Å²) in [5.74, 6) is -0.726. The number of cyclic esters (lactones) is 1. The van der Waals surface area contributed by atoms with Crippen molar-refractivity contribution < 1.29 is 24.8 Å². The minimum absolute atomic E-state index is 0.00426. The molecule has 1 saturated carbocycles. The lowest BCUT2D eigenvalue weighted by Gasteiger charge is -2.34. The monoisotopic (exact) mass is 282 g/mol. The first-order valence-electron chi connectivity index (χ1n) is 7.18. The summed E-state index contributed by atoms with van der Waals surface area (Å²) in [5.41, 5.74) is -0.418. The SMILES string of the molecule is CC1(C)C[C@@H]2[C@@H](O)[C@@H]3COC(=O)C3=C[C@@](C)(OO)[C@@H]2C1. The third-order valence-electron chi connectivity index (χ3n) is 5.33. The summed E-state index contributed by atoms with van der Waals surface area (Å²) in [5, 5.41) is 20.1. The van der Waals surface area contributed by atoms with Gasteiger partial charge in [0.15, 0.2) is 0 Å².